The quantitative estimate of drug-likeness (QED) is 0.656. The van der Waals surface area contributed by atoms with Gasteiger partial charge in [0.25, 0.3) is 5.56 Å². The topological polar surface area (TPSA) is 77.6 Å². The maximum Gasteiger partial charge on any atom is 0.253 e. The highest BCUT2D eigenvalue weighted by molar-refractivity contribution is 7.80. The van der Waals surface area contributed by atoms with E-state index in [0.29, 0.717) is 30.3 Å². The third kappa shape index (κ3) is 4.66. The molecule has 3 N–H and O–H groups in total. The van der Waals surface area contributed by atoms with Crippen molar-refractivity contribution in [3.05, 3.63) is 45.2 Å². The van der Waals surface area contributed by atoms with E-state index in [0.717, 1.165) is 41.5 Å². The molecule has 0 bridgehead atoms. The van der Waals surface area contributed by atoms with E-state index >= 15 is 0 Å². The van der Waals surface area contributed by atoms with E-state index in [1.807, 2.05) is 30.9 Å². The molecule has 1 aromatic heterocycles. The Labute approximate surface area is 164 Å². The van der Waals surface area contributed by atoms with Crippen LogP contribution in [0.15, 0.2) is 23.0 Å². The van der Waals surface area contributed by atoms with E-state index in [1.54, 1.807) is 0 Å². The molecule has 1 atom stereocenters. The molecule has 1 saturated heterocycles. The second kappa shape index (κ2) is 8.82. The second-order valence-electron chi connectivity index (χ2n) is 7.06. The number of pyridine rings is 1. The molecule has 146 valence electrons. The number of aryl methyl sites for hydroxylation is 2. The number of benzene rings is 1. The minimum atomic E-state index is -0.124. The van der Waals surface area contributed by atoms with Crippen molar-refractivity contribution < 1.29 is 9.84 Å². The molecule has 0 unspecified atom stereocenters. The largest absolute Gasteiger partial charge is 0.395 e. The number of aromatic nitrogens is 1. The molecule has 1 aliphatic heterocycles. The van der Waals surface area contributed by atoms with Crippen LogP contribution in [-0.2, 0) is 11.3 Å². The molecule has 1 fully saturated rings. The number of nitrogens with one attached hydrogen (secondary N) is 2. The molecule has 3 rings (SSSR count). The van der Waals surface area contributed by atoms with Crippen LogP contribution in [-0.4, -0.2) is 52.5 Å². The number of thiocarbonyl (C=S) groups is 1. The SMILES string of the molecule is Cc1ccc2cc(CN(CCO)C(=S)NC[C@H]3CCCO3)c(=O)[nH]c2c1C. The molecule has 2 heterocycles. The van der Waals surface area contributed by atoms with Gasteiger partial charge in [0.05, 0.1) is 24.8 Å². The van der Waals surface area contributed by atoms with Crippen LogP contribution in [0.5, 0.6) is 0 Å². The van der Waals surface area contributed by atoms with Crippen molar-refractivity contribution >= 4 is 28.2 Å². The number of rotatable bonds is 6. The van der Waals surface area contributed by atoms with Gasteiger partial charge in [0.2, 0.25) is 0 Å². The Bertz CT molecular complexity index is 875. The highest BCUT2D eigenvalue weighted by Crippen LogP contribution is 2.19. The van der Waals surface area contributed by atoms with E-state index in [9.17, 15) is 9.90 Å². The van der Waals surface area contributed by atoms with Crippen molar-refractivity contribution in [2.45, 2.75) is 39.3 Å². The van der Waals surface area contributed by atoms with Crippen LogP contribution >= 0.6 is 12.2 Å². The van der Waals surface area contributed by atoms with Crippen molar-refractivity contribution in [3.63, 3.8) is 0 Å². The molecule has 2 aromatic rings. The molecule has 1 aromatic carbocycles. The summed E-state index contributed by atoms with van der Waals surface area (Å²) in [6.45, 7) is 6.15. The fraction of sp³-hybridized carbons (Fsp3) is 0.500. The Morgan fingerprint density at radius 2 is 2.26 bits per heavy atom. The molecule has 7 heteroatoms. The molecular formula is C20H27N3O3S. The van der Waals surface area contributed by atoms with Crippen molar-refractivity contribution in [3.8, 4) is 0 Å². The first-order valence-electron chi connectivity index (χ1n) is 9.37. The lowest BCUT2D eigenvalue weighted by Gasteiger charge is -2.26. The third-order valence-electron chi connectivity index (χ3n) is 5.15. The second-order valence-corrected chi connectivity index (χ2v) is 7.45. The molecule has 0 spiro atoms. The van der Waals surface area contributed by atoms with Crippen molar-refractivity contribution in [1.82, 2.24) is 15.2 Å². The van der Waals surface area contributed by atoms with Gasteiger partial charge in [-0.25, -0.2) is 0 Å². The molecule has 0 radical (unpaired) electrons. The average molecular weight is 390 g/mol. The van der Waals surface area contributed by atoms with Gasteiger partial charge in [0.1, 0.15) is 0 Å². The molecular weight excluding hydrogens is 362 g/mol. The van der Waals surface area contributed by atoms with Gasteiger partial charge in [-0.1, -0.05) is 12.1 Å². The van der Waals surface area contributed by atoms with Gasteiger partial charge < -0.3 is 25.0 Å². The van der Waals surface area contributed by atoms with E-state index in [1.165, 1.54) is 0 Å². The van der Waals surface area contributed by atoms with Gasteiger partial charge in [-0.3, -0.25) is 4.79 Å². The number of fused-ring (bicyclic) bond motifs is 1. The molecule has 27 heavy (non-hydrogen) atoms. The summed E-state index contributed by atoms with van der Waals surface area (Å²) in [5.74, 6) is 0. The first-order chi connectivity index (χ1) is 13.0. The summed E-state index contributed by atoms with van der Waals surface area (Å²) in [6, 6.07) is 5.98. The van der Waals surface area contributed by atoms with Crippen molar-refractivity contribution in [1.29, 1.82) is 0 Å². The fourth-order valence-corrected chi connectivity index (χ4v) is 3.62. The van der Waals surface area contributed by atoms with Crippen LogP contribution in [0.3, 0.4) is 0 Å². The lowest BCUT2D eigenvalue weighted by atomic mass is 10.0. The normalized spacial score (nSPS) is 16.6. The van der Waals surface area contributed by atoms with Gasteiger partial charge in [0, 0.05) is 25.3 Å². The number of aliphatic hydroxyl groups is 1. The number of aliphatic hydroxyl groups excluding tert-OH is 1. The van der Waals surface area contributed by atoms with E-state index in [2.05, 4.69) is 16.4 Å². The number of aromatic amines is 1. The van der Waals surface area contributed by atoms with Crippen LogP contribution in [0.25, 0.3) is 10.9 Å². The number of hydrogen-bond acceptors (Lipinski definition) is 4. The maximum atomic E-state index is 12.6. The lowest BCUT2D eigenvalue weighted by molar-refractivity contribution is 0.113. The van der Waals surface area contributed by atoms with Crippen LogP contribution in [0, 0.1) is 13.8 Å². The van der Waals surface area contributed by atoms with Crippen LogP contribution in [0.1, 0.15) is 29.5 Å². The summed E-state index contributed by atoms with van der Waals surface area (Å²) in [4.78, 5) is 17.4. The molecule has 0 amide bonds. The summed E-state index contributed by atoms with van der Waals surface area (Å²) in [6.07, 6.45) is 2.28. The zero-order chi connectivity index (χ0) is 19.4. The van der Waals surface area contributed by atoms with Crippen LogP contribution in [0.4, 0.5) is 0 Å². The average Bonchev–Trinajstić information content (AvgIpc) is 3.17. The molecule has 0 saturated carbocycles. The minimum Gasteiger partial charge on any atom is -0.395 e. The standard InChI is InChI=1S/C20H27N3O3S/c1-13-5-6-15-10-16(19(25)22-18(15)14(13)2)12-23(7-8-24)20(27)21-11-17-4-3-9-26-17/h5-6,10,17,24H,3-4,7-9,11-12H2,1-2H3,(H,21,27)(H,22,25)/t17-/m1/s1. The highest BCUT2D eigenvalue weighted by Gasteiger charge is 2.18. The Balaban J connectivity index is 1.77. The fourth-order valence-electron chi connectivity index (χ4n) is 3.38. The molecule has 1 aliphatic rings. The van der Waals surface area contributed by atoms with E-state index in [4.69, 9.17) is 17.0 Å². The van der Waals surface area contributed by atoms with Gasteiger partial charge in [-0.2, -0.15) is 0 Å². The summed E-state index contributed by atoms with van der Waals surface area (Å²) >= 11 is 5.49. The molecule has 0 aliphatic carbocycles. The highest BCUT2D eigenvalue weighted by atomic mass is 32.1. The minimum absolute atomic E-state index is 0.0362. The number of H-pyrrole nitrogens is 1. The number of nitrogens with zero attached hydrogens (tertiary/aromatic N) is 1. The van der Waals surface area contributed by atoms with Crippen LogP contribution in [0.2, 0.25) is 0 Å². The number of ether oxygens (including phenoxy) is 1. The van der Waals surface area contributed by atoms with Gasteiger partial charge in [-0.05, 0) is 61.5 Å². The Morgan fingerprint density at radius 3 is 2.96 bits per heavy atom. The first-order valence-corrected chi connectivity index (χ1v) is 9.77. The predicted octanol–water partition coefficient (Wildman–Crippen LogP) is 1.99. The maximum absolute atomic E-state index is 12.6. The Kier molecular flexibility index (Phi) is 6.46. The monoisotopic (exact) mass is 389 g/mol. The van der Waals surface area contributed by atoms with Crippen molar-refractivity contribution in [2.24, 2.45) is 0 Å². The predicted molar refractivity (Wildman–Crippen MR) is 111 cm³/mol. The Hall–Kier alpha value is -1.96. The zero-order valence-corrected chi connectivity index (χ0v) is 16.7. The smallest absolute Gasteiger partial charge is 0.253 e. The Morgan fingerprint density at radius 1 is 1.44 bits per heavy atom. The lowest BCUT2D eigenvalue weighted by Crippen LogP contribution is -2.44. The summed E-state index contributed by atoms with van der Waals surface area (Å²) in [7, 11) is 0. The zero-order valence-electron chi connectivity index (χ0n) is 15.9. The van der Waals surface area contributed by atoms with Gasteiger partial charge in [-0.15, -0.1) is 0 Å². The summed E-state index contributed by atoms with van der Waals surface area (Å²) in [5, 5.41) is 14.1. The summed E-state index contributed by atoms with van der Waals surface area (Å²) in [5.41, 5.74) is 3.60. The third-order valence-corrected chi connectivity index (χ3v) is 5.55. The summed E-state index contributed by atoms with van der Waals surface area (Å²) < 4.78 is 5.60. The van der Waals surface area contributed by atoms with Gasteiger partial charge >= 0.3 is 0 Å². The van der Waals surface area contributed by atoms with Crippen molar-refractivity contribution in [2.75, 3.05) is 26.3 Å². The van der Waals surface area contributed by atoms with E-state index in [-0.39, 0.29) is 18.3 Å². The van der Waals surface area contributed by atoms with E-state index < -0.39 is 0 Å². The number of hydrogen-bond donors (Lipinski definition) is 3. The first kappa shape index (κ1) is 19.8. The molecule has 6 nitrogen and oxygen atoms in total. The van der Waals surface area contributed by atoms with Gasteiger partial charge in [0.15, 0.2) is 5.11 Å². The van der Waals surface area contributed by atoms with Crippen LogP contribution < -0.4 is 10.9 Å².